The minimum atomic E-state index is -0.484. The van der Waals surface area contributed by atoms with Crippen LogP contribution in [0.5, 0.6) is 11.5 Å². The SMILES string of the molecule is COc1cc(C=NN=C(N)N)c(Br)cc1OC(=O)c1ccccc1. The smallest absolute Gasteiger partial charge is 0.343 e. The van der Waals surface area contributed by atoms with E-state index in [-0.39, 0.29) is 11.7 Å². The number of hydrogen-bond donors (Lipinski definition) is 2. The van der Waals surface area contributed by atoms with E-state index in [4.69, 9.17) is 20.9 Å². The molecule has 7 nitrogen and oxygen atoms in total. The largest absolute Gasteiger partial charge is 0.493 e. The van der Waals surface area contributed by atoms with Crippen LogP contribution in [0.15, 0.2) is 57.1 Å². The standard InChI is InChI=1S/C16H15BrN4O3/c1-23-13-7-11(9-20-21-16(18)19)12(17)8-14(13)24-15(22)10-5-3-2-4-6-10/h2-9H,1H3,(H4,18,19,21). The normalized spacial score (nSPS) is 10.4. The zero-order chi connectivity index (χ0) is 17.5. The molecule has 0 spiro atoms. The first-order chi connectivity index (χ1) is 11.5. The lowest BCUT2D eigenvalue weighted by Crippen LogP contribution is -2.21. The molecule has 0 saturated heterocycles. The monoisotopic (exact) mass is 390 g/mol. The van der Waals surface area contributed by atoms with E-state index in [1.807, 2.05) is 6.07 Å². The summed E-state index contributed by atoms with van der Waals surface area (Å²) < 4.78 is 11.3. The maximum Gasteiger partial charge on any atom is 0.343 e. The third-order valence-corrected chi connectivity index (χ3v) is 3.55. The second-order valence-electron chi connectivity index (χ2n) is 4.55. The highest BCUT2D eigenvalue weighted by molar-refractivity contribution is 9.10. The Morgan fingerprint density at radius 3 is 2.50 bits per heavy atom. The van der Waals surface area contributed by atoms with Gasteiger partial charge in [-0.15, -0.1) is 5.10 Å². The van der Waals surface area contributed by atoms with E-state index in [9.17, 15) is 4.79 Å². The molecule has 0 aliphatic rings. The van der Waals surface area contributed by atoms with Gasteiger partial charge in [-0.1, -0.05) is 18.2 Å². The highest BCUT2D eigenvalue weighted by atomic mass is 79.9. The first-order valence-electron chi connectivity index (χ1n) is 6.78. The molecule has 0 atom stereocenters. The molecule has 24 heavy (non-hydrogen) atoms. The fourth-order valence-corrected chi connectivity index (χ4v) is 2.20. The molecule has 0 saturated carbocycles. The van der Waals surface area contributed by atoms with Gasteiger partial charge in [0.15, 0.2) is 11.5 Å². The van der Waals surface area contributed by atoms with Crippen molar-refractivity contribution in [3.8, 4) is 11.5 Å². The van der Waals surface area contributed by atoms with Crippen LogP contribution in [0.1, 0.15) is 15.9 Å². The lowest BCUT2D eigenvalue weighted by molar-refractivity contribution is 0.0729. The van der Waals surface area contributed by atoms with Crippen LogP contribution in [-0.2, 0) is 0 Å². The average Bonchev–Trinajstić information content (AvgIpc) is 2.57. The molecule has 0 aliphatic heterocycles. The molecule has 124 valence electrons. The Balaban J connectivity index is 2.28. The van der Waals surface area contributed by atoms with Crippen molar-refractivity contribution in [2.45, 2.75) is 0 Å². The molecule has 2 aromatic carbocycles. The van der Waals surface area contributed by atoms with Gasteiger partial charge in [0.1, 0.15) is 0 Å². The Bertz CT molecular complexity index is 787. The van der Waals surface area contributed by atoms with Crippen LogP contribution in [0.25, 0.3) is 0 Å². The average molecular weight is 391 g/mol. The van der Waals surface area contributed by atoms with Crippen LogP contribution in [-0.4, -0.2) is 25.3 Å². The van der Waals surface area contributed by atoms with Crippen LogP contribution < -0.4 is 20.9 Å². The fraction of sp³-hybridized carbons (Fsp3) is 0.0625. The van der Waals surface area contributed by atoms with Crippen molar-refractivity contribution in [2.75, 3.05) is 7.11 Å². The van der Waals surface area contributed by atoms with E-state index in [2.05, 4.69) is 26.1 Å². The van der Waals surface area contributed by atoms with Crippen LogP contribution in [0.4, 0.5) is 0 Å². The molecule has 0 heterocycles. The van der Waals surface area contributed by atoms with Crippen molar-refractivity contribution in [1.82, 2.24) is 0 Å². The molecule has 0 bridgehead atoms. The van der Waals surface area contributed by atoms with Gasteiger partial charge >= 0.3 is 5.97 Å². The second-order valence-corrected chi connectivity index (χ2v) is 5.40. The van der Waals surface area contributed by atoms with Gasteiger partial charge in [0.2, 0.25) is 5.96 Å². The zero-order valence-electron chi connectivity index (χ0n) is 12.8. The molecular weight excluding hydrogens is 376 g/mol. The second kappa shape index (κ2) is 8.11. The van der Waals surface area contributed by atoms with Crippen molar-refractivity contribution in [3.63, 3.8) is 0 Å². The molecule has 8 heteroatoms. The molecule has 0 radical (unpaired) electrons. The Morgan fingerprint density at radius 1 is 1.17 bits per heavy atom. The van der Waals surface area contributed by atoms with E-state index in [1.165, 1.54) is 13.3 Å². The number of guanidine groups is 1. The molecule has 0 amide bonds. The Morgan fingerprint density at radius 2 is 1.88 bits per heavy atom. The molecule has 0 aromatic heterocycles. The number of carbonyl (C=O) groups excluding carboxylic acids is 1. The van der Waals surface area contributed by atoms with Crippen LogP contribution >= 0.6 is 15.9 Å². The molecule has 0 unspecified atom stereocenters. The topological polar surface area (TPSA) is 112 Å². The Kier molecular flexibility index (Phi) is 5.91. The van der Waals surface area contributed by atoms with Crippen molar-refractivity contribution in [3.05, 3.63) is 58.1 Å². The summed E-state index contributed by atoms with van der Waals surface area (Å²) in [6, 6.07) is 11.9. The fourth-order valence-electron chi connectivity index (χ4n) is 1.78. The third-order valence-electron chi connectivity index (χ3n) is 2.87. The van der Waals surface area contributed by atoms with Gasteiger partial charge in [-0.2, -0.15) is 5.10 Å². The van der Waals surface area contributed by atoms with Crippen molar-refractivity contribution in [1.29, 1.82) is 0 Å². The van der Waals surface area contributed by atoms with Crippen molar-refractivity contribution in [2.24, 2.45) is 21.7 Å². The summed E-state index contributed by atoms with van der Waals surface area (Å²) in [5.41, 5.74) is 11.5. The number of halogens is 1. The maximum absolute atomic E-state index is 12.2. The van der Waals surface area contributed by atoms with Gasteiger partial charge in [0, 0.05) is 10.0 Å². The summed E-state index contributed by atoms with van der Waals surface area (Å²) in [7, 11) is 1.47. The summed E-state index contributed by atoms with van der Waals surface area (Å²) in [5, 5.41) is 7.26. The van der Waals surface area contributed by atoms with E-state index in [0.717, 1.165) is 0 Å². The van der Waals surface area contributed by atoms with E-state index < -0.39 is 5.97 Å². The van der Waals surface area contributed by atoms with Crippen LogP contribution in [0, 0.1) is 0 Å². The molecule has 0 aliphatic carbocycles. The molecule has 2 rings (SSSR count). The predicted molar refractivity (Wildman–Crippen MR) is 95.5 cm³/mol. The maximum atomic E-state index is 12.2. The van der Waals surface area contributed by atoms with E-state index in [1.54, 1.807) is 36.4 Å². The number of methoxy groups -OCH3 is 1. The predicted octanol–water partition coefficient (Wildman–Crippen LogP) is 2.28. The molecule has 0 fully saturated rings. The van der Waals surface area contributed by atoms with Gasteiger partial charge in [-0.3, -0.25) is 0 Å². The highest BCUT2D eigenvalue weighted by Gasteiger charge is 2.14. The quantitative estimate of drug-likeness (QED) is 0.267. The van der Waals surface area contributed by atoms with Crippen molar-refractivity contribution >= 4 is 34.1 Å². The van der Waals surface area contributed by atoms with Gasteiger partial charge in [0.05, 0.1) is 18.9 Å². The number of rotatable bonds is 5. The first-order valence-corrected chi connectivity index (χ1v) is 7.57. The Labute approximate surface area is 147 Å². The number of carbonyl (C=O) groups is 1. The molecular formula is C16H15BrN4O3. The summed E-state index contributed by atoms with van der Waals surface area (Å²) in [4.78, 5) is 12.2. The number of benzene rings is 2. The van der Waals surface area contributed by atoms with Crippen LogP contribution in [0.3, 0.4) is 0 Å². The summed E-state index contributed by atoms with van der Waals surface area (Å²) >= 11 is 3.37. The lowest BCUT2D eigenvalue weighted by atomic mass is 10.2. The number of nitrogens with zero attached hydrogens (tertiary/aromatic N) is 2. The summed E-state index contributed by atoms with van der Waals surface area (Å²) in [6.45, 7) is 0. The summed E-state index contributed by atoms with van der Waals surface area (Å²) in [5.74, 6) is 0.0105. The number of esters is 1. The van der Waals surface area contributed by atoms with Crippen molar-refractivity contribution < 1.29 is 14.3 Å². The van der Waals surface area contributed by atoms with E-state index in [0.29, 0.717) is 21.3 Å². The first kappa shape index (κ1) is 17.5. The van der Waals surface area contributed by atoms with Gasteiger partial charge < -0.3 is 20.9 Å². The van der Waals surface area contributed by atoms with Gasteiger partial charge in [-0.25, -0.2) is 4.79 Å². The van der Waals surface area contributed by atoms with Gasteiger partial charge in [-0.05, 0) is 40.2 Å². The molecule has 4 N–H and O–H groups in total. The number of nitrogens with two attached hydrogens (primary N) is 2. The Hall–Kier alpha value is -2.87. The molecule has 2 aromatic rings. The third kappa shape index (κ3) is 4.56. The van der Waals surface area contributed by atoms with Gasteiger partial charge in [0.25, 0.3) is 0 Å². The minimum absolute atomic E-state index is 0.150. The van der Waals surface area contributed by atoms with Crippen LogP contribution in [0.2, 0.25) is 0 Å². The lowest BCUT2D eigenvalue weighted by Gasteiger charge is -2.11. The minimum Gasteiger partial charge on any atom is -0.493 e. The highest BCUT2D eigenvalue weighted by Crippen LogP contribution is 2.33. The number of ether oxygens (including phenoxy) is 2. The zero-order valence-corrected chi connectivity index (χ0v) is 14.4. The number of hydrogen-bond acceptors (Lipinski definition) is 5. The van der Waals surface area contributed by atoms with E-state index >= 15 is 0 Å². The summed E-state index contributed by atoms with van der Waals surface area (Å²) in [6.07, 6.45) is 1.44.